The summed E-state index contributed by atoms with van der Waals surface area (Å²) in [6, 6.07) is 0. The highest BCUT2D eigenvalue weighted by Crippen LogP contribution is 1.85. The molecule has 0 saturated heterocycles. The Bertz CT molecular complexity index is 127. The van der Waals surface area contributed by atoms with E-state index in [2.05, 4.69) is 4.74 Å². The number of hydrogen-bond donors (Lipinski definition) is 1. The van der Waals surface area contributed by atoms with Crippen LogP contribution < -0.4 is 0 Å². The molecule has 0 rings (SSSR count). The molecule has 0 bridgehead atoms. The van der Waals surface area contributed by atoms with Crippen LogP contribution in [0.25, 0.3) is 0 Å². The predicted octanol–water partition coefficient (Wildman–Crippen LogP) is 0.486. The molecule has 0 amide bonds. The molecule has 0 aliphatic heterocycles. The Morgan fingerprint density at radius 1 is 1.80 bits per heavy atom. The Balaban J connectivity index is 3.40. The van der Waals surface area contributed by atoms with E-state index in [0.29, 0.717) is 0 Å². The molecule has 0 heterocycles. The van der Waals surface area contributed by atoms with Crippen molar-refractivity contribution in [2.24, 2.45) is 0 Å². The van der Waals surface area contributed by atoms with Gasteiger partial charge in [-0.25, -0.2) is 4.79 Å². The fraction of sp³-hybridized carbons (Fsp3) is 0.571. The standard InChI is InChI=1S/C7H12O3/c1-3-4-7(9)10-5-6(2)8/h3-4,6,8H,5H2,1-2H3. The molecule has 0 aliphatic rings. The zero-order valence-corrected chi connectivity index (χ0v) is 6.20. The molecule has 3 nitrogen and oxygen atoms in total. The van der Waals surface area contributed by atoms with Crippen LogP contribution >= 0.6 is 0 Å². The van der Waals surface area contributed by atoms with Crippen LogP contribution in [0.15, 0.2) is 12.2 Å². The lowest BCUT2D eigenvalue weighted by Crippen LogP contribution is -2.13. The number of carbonyl (C=O) groups is 1. The molecule has 0 radical (unpaired) electrons. The van der Waals surface area contributed by atoms with E-state index in [1.807, 2.05) is 0 Å². The van der Waals surface area contributed by atoms with Crippen molar-refractivity contribution < 1.29 is 14.6 Å². The maximum absolute atomic E-state index is 10.5. The van der Waals surface area contributed by atoms with Gasteiger partial charge in [0.15, 0.2) is 0 Å². The minimum atomic E-state index is -0.589. The Kier molecular flexibility index (Phi) is 4.58. The maximum atomic E-state index is 10.5. The molecule has 0 aromatic rings. The van der Waals surface area contributed by atoms with Crippen LogP contribution in [0.4, 0.5) is 0 Å². The predicted molar refractivity (Wildman–Crippen MR) is 37.5 cm³/mol. The second-order valence-electron chi connectivity index (χ2n) is 1.98. The van der Waals surface area contributed by atoms with Crippen LogP contribution in [-0.4, -0.2) is 23.8 Å². The maximum Gasteiger partial charge on any atom is 0.330 e. The Morgan fingerprint density at radius 2 is 2.40 bits per heavy atom. The summed E-state index contributed by atoms with van der Waals surface area (Å²) in [5.41, 5.74) is 0. The number of esters is 1. The average Bonchev–Trinajstić information content (AvgIpc) is 1.85. The number of rotatable bonds is 3. The fourth-order valence-corrected chi connectivity index (χ4v) is 0.387. The summed E-state index contributed by atoms with van der Waals surface area (Å²) in [4.78, 5) is 10.5. The number of carbonyl (C=O) groups excluding carboxylic acids is 1. The lowest BCUT2D eigenvalue weighted by Gasteiger charge is -2.02. The summed E-state index contributed by atoms with van der Waals surface area (Å²) in [5, 5.41) is 8.67. The van der Waals surface area contributed by atoms with Crippen molar-refractivity contribution in [1.82, 2.24) is 0 Å². The highest BCUT2D eigenvalue weighted by Gasteiger charge is 1.98. The summed E-state index contributed by atoms with van der Waals surface area (Å²) in [5.74, 6) is -0.414. The van der Waals surface area contributed by atoms with E-state index in [0.717, 1.165) is 0 Å². The van der Waals surface area contributed by atoms with Gasteiger partial charge in [0.25, 0.3) is 0 Å². The van der Waals surface area contributed by atoms with Crippen molar-refractivity contribution in [2.75, 3.05) is 6.61 Å². The Labute approximate surface area is 60.3 Å². The van der Waals surface area contributed by atoms with Gasteiger partial charge in [-0.2, -0.15) is 0 Å². The van der Waals surface area contributed by atoms with E-state index in [4.69, 9.17) is 5.11 Å². The lowest BCUT2D eigenvalue weighted by atomic mass is 10.4. The molecule has 0 aromatic heterocycles. The SMILES string of the molecule is CC=CC(=O)OCC(C)O. The first kappa shape index (κ1) is 9.17. The molecule has 0 spiro atoms. The monoisotopic (exact) mass is 144 g/mol. The van der Waals surface area contributed by atoms with Crippen molar-refractivity contribution in [3.05, 3.63) is 12.2 Å². The Morgan fingerprint density at radius 3 is 2.80 bits per heavy atom. The fourth-order valence-electron chi connectivity index (χ4n) is 0.387. The van der Waals surface area contributed by atoms with Crippen LogP contribution in [0.3, 0.4) is 0 Å². The van der Waals surface area contributed by atoms with E-state index < -0.39 is 12.1 Å². The highest BCUT2D eigenvalue weighted by molar-refractivity contribution is 5.81. The molecule has 1 N–H and O–H groups in total. The van der Waals surface area contributed by atoms with Gasteiger partial charge in [-0.1, -0.05) is 6.08 Å². The lowest BCUT2D eigenvalue weighted by molar-refractivity contribution is -0.140. The third kappa shape index (κ3) is 5.31. The minimum absolute atomic E-state index is 0.0587. The molecular weight excluding hydrogens is 132 g/mol. The van der Waals surface area contributed by atoms with Gasteiger partial charge >= 0.3 is 5.97 Å². The summed E-state index contributed by atoms with van der Waals surface area (Å²) < 4.78 is 4.57. The molecule has 0 aliphatic carbocycles. The molecule has 0 aromatic carbocycles. The number of aliphatic hydroxyl groups is 1. The molecule has 58 valence electrons. The van der Waals surface area contributed by atoms with Crippen molar-refractivity contribution >= 4 is 5.97 Å². The van der Waals surface area contributed by atoms with Gasteiger partial charge in [0.1, 0.15) is 6.61 Å². The van der Waals surface area contributed by atoms with E-state index in [1.165, 1.54) is 6.08 Å². The zero-order chi connectivity index (χ0) is 7.98. The summed E-state index contributed by atoms with van der Waals surface area (Å²) in [6.07, 6.45) is 2.31. The minimum Gasteiger partial charge on any atom is -0.460 e. The van der Waals surface area contributed by atoms with Crippen LogP contribution in [0.5, 0.6) is 0 Å². The highest BCUT2D eigenvalue weighted by atomic mass is 16.5. The normalized spacial score (nSPS) is 13.5. The smallest absolute Gasteiger partial charge is 0.330 e. The average molecular weight is 144 g/mol. The quantitative estimate of drug-likeness (QED) is 0.463. The van der Waals surface area contributed by atoms with E-state index in [9.17, 15) is 4.79 Å². The molecule has 1 atom stereocenters. The topological polar surface area (TPSA) is 46.5 Å². The number of allylic oxidation sites excluding steroid dienone is 1. The van der Waals surface area contributed by atoms with Crippen LogP contribution in [0, 0.1) is 0 Å². The summed E-state index contributed by atoms with van der Waals surface area (Å²) in [6.45, 7) is 3.34. The van der Waals surface area contributed by atoms with E-state index in [1.54, 1.807) is 19.9 Å². The number of hydrogen-bond acceptors (Lipinski definition) is 3. The van der Waals surface area contributed by atoms with Gasteiger partial charge in [-0.3, -0.25) is 0 Å². The second-order valence-corrected chi connectivity index (χ2v) is 1.98. The Hall–Kier alpha value is -0.830. The zero-order valence-electron chi connectivity index (χ0n) is 6.20. The molecule has 1 unspecified atom stereocenters. The first-order chi connectivity index (χ1) is 4.66. The van der Waals surface area contributed by atoms with Gasteiger partial charge in [-0.05, 0) is 13.8 Å². The summed E-state index contributed by atoms with van der Waals surface area (Å²) in [7, 11) is 0. The number of ether oxygens (including phenoxy) is 1. The van der Waals surface area contributed by atoms with E-state index in [-0.39, 0.29) is 6.61 Å². The summed E-state index contributed by atoms with van der Waals surface area (Å²) >= 11 is 0. The van der Waals surface area contributed by atoms with Crippen LogP contribution in [-0.2, 0) is 9.53 Å². The number of aliphatic hydroxyl groups excluding tert-OH is 1. The van der Waals surface area contributed by atoms with Gasteiger partial charge in [0.2, 0.25) is 0 Å². The van der Waals surface area contributed by atoms with Gasteiger partial charge in [0, 0.05) is 6.08 Å². The van der Waals surface area contributed by atoms with Crippen molar-refractivity contribution in [1.29, 1.82) is 0 Å². The van der Waals surface area contributed by atoms with Gasteiger partial charge in [-0.15, -0.1) is 0 Å². The third-order valence-corrected chi connectivity index (χ3v) is 0.770. The van der Waals surface area contributed by atoms with E-state index >= 15 is 0 Å². The first-order valence-electron chi connectivity index (χ1n) is 3.14. The van der Waals surface area contributed by atoms with Crippen molar-refractivity contribution in [2.45, 2.75) is 20.0 Å². The molecule has 3 heteroatoms. The molecular formula is C7H12O3. The van der Waals surface area contributed by atoms with Gasteiger partial charge < -0.3 is 9.84 Å². The van der Waals surface area contributed by atoms with Gasteiger partial charge in [0.05, 0.1) is 6.10 Å². The third-order valence-electron chi connectivity index (χ3n) is 0.770. The largest absolute Gasteiger partial charge is 0.460 e. The van der Waals surface area contributed by atoms with Crippen LogP contribution in [0.2, 0.25) is 0 Å². The van der Waals surface area contributed by atoms with Crippen molar-refractivity contribution in [3.63, 3.8) is 0 Å². The molecule has 0 fully saturated rings. The second kappa shape index (κ2) is 4.99. The molecule has 0 saturated carbocycles. The van der Waals surface area contributed by atoms with Crippen LogP contribution in [0.1, 0.15) is 13.8 Å². The van der Waals surface area contributed by atoms with Crippen molar-refractivity contribution in [3.8, 4) is 0 Å². The molecule has 10 heavy (non-hydrogen) atoms. The first-order valence-corrected chi connectivity index (χ1v) is 3.14.